The number of nitrogens with zero attached hydrogens (tertiary/aromatic N) is 2. The molecule has 1 aromatic carbocycles. The predicted molar refractivity (Wildman–Crippen MR) is 110 cm³/mol. The zero-order chi connectivity index (χ0) is 21.4. The number of nitro groups is 1. The first-order valence-corrected chi connectivity index (χ1v) is 12.7. The number of nitro benzene ring substituents is 1. The Balaban J connectivity index is 0.000000696. The van der Waals surface area contributed by atoms with Crippen LogP contribution in [0.25, 0.3) is 0 Å². The largest absolute Gasteiger partial charge is 0.286 e. The second-order valence-corrected chi connectivity index (χ2v) is 10.9. The maximum Gasteiger partial charge on any atom is 0.261 e. The Morgan fingerprint density at radius 3 is 2.21 bits per heavy atom. The SMILES string of the molecule is CC1(C)c2cccc([N+](=O)[O-])c2[Se]N1CCCCCCCCO.CS(=O)(=O)O. The van der Waals surface area contributed by atoms with Crippen molar-refractivity contribution < 1.29 is 23.0 Å². The maximum atomic E-state index is 11.2. The summed E-state index contributed by atoms with van der Waals surface area (Å²) in [5.74, 6) is 0. The topological polar surface area (TPSA) is 121 Å². The average Bonchev–Trinajstić information content (AvgIpc) is 2.83. The van der Waals surface area contributed by atoms with E-state index in [-0.39, 0.29) is 31.3 Å². The molecule has 0 amide bonds. The minimum Gasteiger partial charge on any atom is -0.286 e. The number of rotatable bonds is 9. The minimum absolute atomic E-state index is 0.0272. The Hall–Kier alpha value is -1.03. The third-order valence-corrected chi connectivity index (χ3v) is 7.53. The molecule has 1 heterocycles. The molecule has 0 aliphatic carbocycles. The number of aliphatic hydroxyl groups excluding tert-OH is 1. The van der Waals surface area contributed by atoms with Crippen molar-refractivity contribution in [1.82, 2.24) is 3.92 Å². The number of aliphatic hydroxyl groups is 1. The smallest absolute Gasteiger partial charge is 0.261 e. The second kappa shape index (κ2) is 11.2. The summed E-state index contributed by atoms with van der Waals surface area (Å²) < 4.78 is 29.2. The van der Waals surface area contributed by atoms with E-state index in [1.807, 2.05) is 6.07 Å². The standard InChI is InChI=1S/C17H26N2O3Se.CH4O3S/c1-17(2)14-10-9-11-15(19(21)22)16(14)23-18(17)12-7-5-3-4-6-8-13-20;1-5(2,3)4/h9-11,20H,3-8,12-13H2,1-2H3;1H3,(H,2,3,4). The van der Waals surface area contributed by atoms with Crippen molar-refractivity contribution in [2.45, 2.75) is 57.9 Å². The summed E-state index contributed by atoms with van der Waals surface area (Å²) in [5, 5.41) is 20.0. The van der Waals surface area contributed by atoms with E-state index >= 15 is 0 Å². The van der Waals surface area contributed by atoms with Gasteiger partial charge in [0, 0.05) is 0 Å². The normalized spacial score (nSPS) is 15.6. The second-order valence-electron chi connectivity index (χ2n) is 7.24. The van der Waals surface area contributed by atoms with E-state index in [1.165, 1.54) is 19.3 Å². The quantitative estimate of drug-likeness (QED) is 0.182. The van der Waals surface area contributed by atoms with E-state index in [0.717, 1.165) is 35.8 Å². The van der Waals surface area contributed by atoms with Crippen molar-refractivity contribution in [2.75, 3.05) is 19.4 Å². The summed E-state index contributed by atoms with van der Waals surface area (Å²) in [7, 11) is -3.67. The van der Waals surface area contributed by atoms with Crippen LogP contribution < -0.4 is 4.46 Å². The molecule has 1 aliphatic heterocycles. The molecule has 0 spiro atoms. The summed E-state index contributed by atoms with van der Waals surface area (Å²) in [5.41, 5.74) is 1.29. The fourth-order valence-electron chi connectivity index (χ4n) is 3.00. The van der Waals surface area contributed by atoms with Gasteiger partial charge < -0.3 is 0 Å². The Bertz CT molecular complexity index is 746. The third kappa shape index (κ3) is 8.14. The number of fused-ring (bicyclic) bond motifs is 1. The zero-order valence-corrected chi connectivity index (χ0v) is 19.2. The van der Waals surface area contributed by atoms with Gasteiger partial charge in [-0.15, -0.1) is 0 Å². The van der Waals surface area contributed by atoms with Crippen LogP contribution in [0.1, 0.15) is 57.9 Å². The molecule has 1 aromatic rings. The zero-order valence-electron chi connectivity index (χ0n) is 16.6. The summed E-state index contributed by atoms with van der Waals surface area (Å²) in [4.78, 5) is 11.0. The molecule has 0 fully saturated rings. The van der Waals surface area contributed by atoms with Gasteiger partial charge in [0.2, 0.25) is 0 Å². The maximum absolute atomic E-state index is 11.2. The summed E-state index contributed by atoms with van der Waals surface area (Å²) in [6, 6.07) is 5.47. The molecule has 28 heavy (non-hydrogen) atoms. The van der Waals surface area contributed by atoms with Gasteiger partial charge >= 0.3 is 144 Å². The molecule has 2 N–H and O–H groups in total. The number of benzene rings is 1. The van der Waals surface area contributed by atoms with Gasteiger partial charge in [0.25, 0.3) is 10.1 Å². The van der Waals surface area contributed by atoms with Crippen molar-refractivity contribution in [3.05, 3.63) is 33.9 Å². The van der Waals surface area contributed by atoms with Gasteiger partial charge in [0.1, 0.15) is 0 Å². The Morgan fingerprint density at radius 1 is 1.14 bits per heavy atom. The molecule has 2 rings (SSSR count). The van der Waals surface area contributed by atoms with E-state index < -0.39 is 10.1 Å². The first kappa shape index (κ1) is 25.0. The molecule has 0 saturated heterocycles. The van der Waals surface area contributed by atoms with Gasteiger partial charge in [-0.2, -0.15) is 8.42 Å². The fraction of sp³-hybridized carbons (Fsp3) is 0.667. The van der Waals surface area contributed by atoms with Crippen LogP contribution in [0, 0.1) is 10.1 Å². The van der Waals surface area contributed by atoms with Crippen LogP contribution in [-0.2, 0) is 15.7 Å². The Morgan fingerprint density at radius 2 is 1.68 bits per heavy atom. The first-order chi connectivity index (χ1) is 13.0. The summed E-state index contributed by atoms with van der Waals surface area (Å²) in [6.45, 7) is 5.64. The van der Waals surface area contributed by atoms with Crippen molar-refractivity contribution >= 4 is 35.4 Å². The van der Waals surface area contributed by atoms with Crippen molar-refractivity contribution in [3.63, 3.8) is 0 Å². The molecule has 0 unspecified atom stereocenters. The molecule has 160 valence electrons. The molecular formula is C18H30N2O6SSe. The molecular weight excluding hydrogens is 451 g/mol. The Kier molecular flexibility index (Phi) is 10.0. The van der Waals surface area contributed by atoms with Gasteiger partial charge in [-0.05, 0) is 0 Å². The predicted octanol–water partition coefficient (Wildman–Crippen LogP) is 2.23. The van der Waals surface area contributed by atoms with Crippen LogP contribution in [-0.4, -0.2) is 61.5 Å². The molecule has 0 radical (unpaired) electrons. The molecule has 10 heteroatoms. The van der Waals surface area contributed by atoms with Crippen LogP contribution in [0.4, 0.5) is 5.69 Å². The average molecular weight is 481 g/mol. The molecule has 8 nitrogen and oxygen atoms in total. The fourth-order valence-corrected chi connectivity index (χ4v) is 5.98. The van der Waals surface area contributed by atoms with Gasteiger partial charge in [-0.1, -0.05) is 0 Å². The van der Waals surface area contributed by atoms with Gasteiger partial charge in [0.05, 0.1) is 6.26 Å². The molecule has 1 aliphatic rings. The Labute approximate surface area is 173 Å². The van der Waals surface area contributed by atoms with Crippen LogP contribution in [0.2, 0.25) is 0 Å². The van der Waals surface area contributed by atoms with Crippen LogP contribution in [0.5, 0.6) is 0 Å². The number of hydrogen-bond acceptors (Lipinski definition) is 6. The van der Waals surface area contributed by atoms with E-state index in [1.54, 1.807) is 12.1 Å². The summed E-state index contributed by atoms with van der Waals surface area (Å²) in [6.07, 6.45) is 7.43. The molecule has 0 atom stereocenters. The molecule has 0 bridgehead atoms. The van der Waals surface area contributed by atoms with Crippen molar-refractivity contribution in [1.29, 1.82) is 0 Å². The molecule has 0 aromatic heterocycles. The first-order valence-electron chi connectivity index (χ1n) is 9.25. The number of hydrogen-bond donors (Lipinski definition) is 2. The van der Waals surface area contributed by atoms with Crippen LogP contribution >= 0.6 is 0 Å². The minimum atomic E-state index is -3.67. The van der Waals surface area contributed by atoms with Gasteiger partial charge in [-0.3, -0.25) is 4.55 Å². The number of unbranched alkanes of at least 4 members (excludes halogenated alkanes) is 5. The monoisotopic (exact) mass is 482 g/mol. The van der Waals surface area contributed by atoms with E-state index in [4.69, 9.17) is 9.66 Å². The van der Waals surface area contributed by atoms with Crippen molar-refractivity contribution in [3.8, 4) is 0 Å². The van der Waals surface area contributed by atoms with E-state index in [2.05, 4.69) is 17.8 Å². The molecule has 0 saturated carbocycles. The van der Waals surface area contributed by atoms with Crippen LogP contribution in [0.15, 0.2) is 18.2 Å². The third-order valence-electron chi connectivity index (χ3n) is 4.44. The van der Waals surface area contributed by atoms with Gasteiger partial charge in [0.15, 0.2) is 0 Å². The summed E-state index contributed by atoms with van der Waals surface area (Å²) >= 11 is 0.0272. The van der Waals surface area contributed by atoms with Crippen LogP contribution in [0.3, 0.4) is 0 Å². The van der Waals surface area contributed by atoms with E-state index in [9.17, 15) is 18.5 Å². The van der Waals surface area contributed by atoms with E-state index in [0.29, 0.717) is 12.9 Å². The van der Waals surface area contributed by atoms with Gasteiger partial charge in [-0.25, -0.2) is 0 Å². The van der Waals surface area contributed by atoms with Crippen molar-refractivity contribution in [2.24, 2.45) is 0 Å².